The highest BCUT2D eigenvalue weighted by Crippen LogP contribution is 2.30. The van der Waals surface area contributed by atoms with Gasteiger partial charge in [-0.25, -0.2) is 0 Å². The van der Waals surface area contributed by atoms with Gasteiger partial charge in [-0.3, -0.25) is 0 Å². The molecule has 0 radical (unpaired) electrons. The molecule has 0 aliphatic carbocycles. The Balaban J connectivity index is 2.66. The number of methoxy groups -OCH3 is 1. The molecule has 0 spiro atoms. The number of ether oxygens (including phenoxy) is 2. The molecule has 108 valence electrons. The Morgan fingerprint density at radius 3 is 2.84 bits per heavy atom. The van der Waals surface area contributed by atoms with E-state index in [1.54, 1.807) is 7.11 Å². The summed E-state index contributed by atoms with van der Waals surface area (Å²) in [5, 5.41) is 3.35. The first-order valence-corrected chi connectivity index (χ1v) is 7.62. The second-order valence-corrected chi connectivity index (χ2v) is 5.47. The van der Waals surface area contributed by atoms with E-state index >= 15 is 0 Å². The Morgan fingerprint density at radius 2 is 2.16 bits per heavy atom. The molecule has 0 aliphatic heterocycles. The summed E-state index contributed by atoms with van der Waals surface area (Å²) >= 11 is 3.57. The molecule has 1 atom stereocenters. The van der Waals surface area contributed by atoms with Gasteiger partial charge in [0.1, 0.15) is 5.75 Å². The first-order chi connectivity index (χ1) is 9.19. The Labute approximate surface area is 124 Å². The molecule has 1 aromatic rings. The average Bonchev–Trinajstić information content (AvgIpc) is 2.38. The zero-order chi connectivity index (χ0) is 14.1. The molecule has 1 rings (SSSR count). The predicted molar refractivity (Wildman–Crippen MR) is 82.7 cm³/mol. The van der Waals surface area contributed by atoms with Gasteiger partial charge in [0.2, 0.25) is 0 Å². The Morgan fingerprint density at radius 1 is 1.37 bits per heavy atom. The topological polar surface area (TPSA) is 30.5 Å². The summed E-state index contributed by atoms with van der Waals surface area (Å²) in [6.07, 6.45) is 2.44. The molecule has 0 amide bonds. The number of nitrogens with one attached hydrogen (secondary N) is 1. The molecule has 0 aliphatic rings. The van der Waals surface area contributed by atoms with Gasteiger partial charge in [-0.05, 0) is 35.3 Å². The first-order valence-electron chi connectivity index (χ1n) is 6.82. The van der Waals surface area contributed by atoms with Crippen LogP contribution in [0.15, 0.2) is 22.7 Å². The third-order valence-corrected chi connectivity index (χ3v) is 3.49. The molecule has 19 heavy (non-hydrogen) atoms. The van der Waals surface area contributed by atoms with E-state index in [9.17, 15) is 0 Å². The van der Waals surface area contributed by atoms with Gasteiger partial charge in [-0.1, -0.05) is 25.5 Å². The summed E-state index contributed by atoms with van der Waals surface area (Å²) in [5.74, 6) is 0.952. The standard InChI is InChI=1S/C15H24BrNO2/c1-4-6-12(2)19-15-13(7-5-8-14(15)16)11-17-9-10-18-3/h5,7-8,12,17H,4,6,9-11H2,1-3H3. The van der Waals surface area contributed by atoms with E-state index in [0.717, 1.165) is 42.8 Å². The van der Waals surface area contributed by atoms with Gasteiger partial charge in [-0.15, -0.1) is 0 Å². The fourth-order valence-electron chi connectivity index (χ4n) is 1.89. The molecule has 4 heteroatoms. The van der Waals surface area contributed by atoms with Crippen molar-refractivity contribution in [2.45, 2.75) is 39.3 Å². The summed E-state index contributed by atoms with van der Waals surface area (Å²) in [6, 6.07) is 6.15. The highest BCUT2D eigenvalue weighted by atomic mass is 79.9. The third kappa shape index (κ3) is 5.93. The van der Waals surface area contributed by atoms with E-state index in [1.807, 2.05) is 12.1 Å². The summed E-state index contributed by atoms with van der Waals surface area (Å²) in [7, 11) is 1.71. The number of para-hydroxylation sites is 1. The molecule has 0 heterocycles. The third-order valence-electron chi connectivity index (χ3n) is 2.86. The number of hydrogen-bond acceptors (Lipinski definition) is 3. The van der Waals surface area contributed by atoms with Gasteiger partial charge in [0.05, 0.1) is 17.2 Å². The molecule has 0 saturated carbocycles. The van der Waals surface area contributed by atoms with Crippen LogP contribution in [0, 0.1) is 0 Å². The fraction of sp³-hybridized carbons (Fsp3) is 0.600. The summed E-state index contributed by atoms with van der Waals surface area (Å²) in [4.78, 5) is 0. The maximum atomic E-state index is 6.06. The minimum atomic E-state index is 0.237. The number of rotatable bonds is 9. The van der Waals surface area contributed by atoms with Gasteiger partial charge in [-0.2, -0.15) is 0 Å². The molecule has 1 N–H and O–H groups in total. The largest absolute Gasteiger partial charge is 0.489 e. The van der Waals surface area contributed by atoms with Gasteiger partial charge < -0.3 is 14.8 Å². The number of hydrogen-bond donors (Lipinski definition) is 1. The van der Waals surface area contributed by atoms with Crippen LogP contribution in [-0.4, -0.2) is 26.4 Å². The normalized spacial score (nSPS) is 12.4. The van der Waals surface area contributed by atoms with Crippen LogP contribution < -0.4 is 10.1 Å². The summed E-state index contributed by atoms with van der Waals surface area (Å²) < 4.78 is 12.1. The smallest absolute Gasteiger partial charge is 0.138 e. The zero-order valence-electron chi connectivity index (χ0n) is 12.0. The lowest BCUT2D eigenvalue weighted by Gasteiger charge is -2.18. The molecular formula is C15H24BrNO2. The predicted octanol–water partition coefficient (Wildman–Crippen LogP) is 3.75. The number of halogens is 1. The van der Waals surface area contributed by atoms with Crippen LogP contribution in [0.1, 0.15) is 32.3 Å². The van der Waals surface area contributed by atoms with Crippen molar-refractivity contribution >= 4 is 15.9 Å². The van der Waals surface area contributed by atoms with Crippen molar-refractivity contribution in [3.63, 3.8) is 0 Å². The lowest BCUT2D eigenvalue weighted by molar-refractivity contribution is 0.197. The monoisotopic (exact) mass is 329 g/mol. The minimum absolute atomic E-state index is 0.237. The van der Waals surface area contributed by atoms with Crippen molar-refractivity contribution < 1.29 is 9.47 Å². The van der Waals surface area contributed by atoms with Crippen LogP contribution in [0.2, 0.25) is 0 Å². The van der Waals surface area contributed by atoms with Gasteiger partial charge >= 0.3 is 0 Å². The van der Waals surface area contributed by atoms with Crippen LogP contribution in [0.4, 0.5) is 0 Å². The van der Waals surface area contributed by atoms with E-state index in [0.29, 0.717) is 0 Å². The van der Waals surface area contributed by atoms with Crippen molar-refractivity contribution in [2.75, 3.05) is 20.3 Å². The van der Waals surface area contributed by atoms with Crippen molar-refractivity contribution in [1.29, 1.82) is 0 Å². The highest BCUT2D eigenvalue weighted by molar-refractivity contribution is 9.10. The Bertz CT molecular complexity index is 371. The lowest BCUT2D eigenvalue weighted by Crippen LogP contribution is -2.20. The molecule has 0 saturated heterocycles. The van der Waals surface area contributed by atoms with E-state index in [1.165, 1.54) is 5.56 Å². The van der Waals surface area contributed by atoms with E-state index in [4.69, 9.17) is 9.47 Å². The maximum Gasteiger partial charge on any atom is 0.138 e. The quantitative estimate of drug-likeness (QED) is 0.700. The Hall–Kier alpha value is -0.580. The van der Waals surface area contributed by atoms with E-state index in [2.05, 4.69) is 41.2 Å². The van der Waals surface area contributed by atoms with Crippen molar-refractivity contribution in [3.8, 4) is 5.75 Å². The fourth-order valence-corrected chi connectivity index (χ4v) is 2.39. The Kier molecular flexibility index (Phi) is 8.10. The van der Waals surface area contributed by atoms with Crippen molar-refractivity contribution in [1.82, 2.24) is 5.32 Å². The average molecular weight is 330 g/mol. The molecule has 0 fully saturated rings. The second kappa shape index (κ2) is 9.34. The lowest BCUT2D eigenvalue weighted by atomic mass is 10.2. The second-order valence-electron chi connectivity index (χ2n) is 4.61. The molecule has 1 aromatic carbocycles. The first kappa shape index (κ1) is 16.5. The number of benzene rings is 1. The summed E-state index contributed by atoms with van der Waals surface area (Å²) in [5.41, 5.74) is 1.17. The molecular weight excluding hydrogens is 306 g/mol. The van der Waals surface area contributed by atoms with E-state index < -0.39 is 0 Å². The van der Waals surface area contributed by atoms with Crippen LogP contribution in [-0.2, 0) is 11.3 Å². The molecule has 3 nitrogen and oxygen atoms in total. The van der Waals surface area contributed by atoms with Gasteiger partial charge in [0.15, 0.2) is 0 Å². The molecule has 0 bridgehead atoms. The molecule has 1 unspecified atom stereocenters. The van der Waals surface area contributed by atoms with E-state index in [-0.39, 0.29) is 6.10 Å². The van der Waals surface area contributed by atoms with Gasteiger partial charge in [0.25, 0.3) is 0 Å². The summed E-state index contributed by atoms with van der Waals surface area (Å²) in [6.45, 7) is 6.64. The van der Waals surface area contributed by atoms with Gasteiger partial charge in [0, 0.05) is 25.8 Å². The maximum absolute atomic E-state index is 6.06. The molecule has 0 aromatic heterocycles. The van der Waals surface area contributed by atoms with Crippen LogP contribution in [0.5, 0.6) is 5.75 Å². The minimum Gasteiger partial charge on any atom is -0.489 e. The van der Waals surface area contributed by atoms with Crippen LogP contribution in [0.3, 0.4) is 0 Å². The highest BCUT2D eigenvalue weighted by Gasteiger charge is 2.11. The van der Waals surface area contributed by atoms with Crippen LogP contribution >= 0.6 is 15.9 Å². The SMILES string of the molecule is CCCC(C)Oc1c(Br)cccc1CNCCOC. The zero-order valence-corrected chi connectivity index (χ0v) is 13.6. The van der Waals surface area contributed by atoms with Crippen LogP contribution in [0.25, 0.3) is 0 Å². The van der Waals surface area contributed by atoms with Crippen molar-refractivity contribution in [3.05, 3.63) is 28.2 Å². The van der Waals surface area contributed by atoms with Crippen molar-refractivity contribution in [2.24, 2.45) is 0 Å².